The fourth-order valence-corrected chi connectivity index (χ4v) is 2.93. The Hall–Kier alpha value is -2.69. The van der Waals surface area contributed by atoms with E-state index in [0.29, 0.717) is 26.2 Å². The van der Waals surface area contributed by atoms with E-state index in [9.17, 15) is 5.11 Å². The Balaban J connectivity index is 1.52. The van der Waals surface area contributed by atoms with E-state index in [1.807, 2.05) is 56.3 Å². The zero-order valence-electron chi connectivity index (χ0n) is 15.9. The summed E-state index contributed by atoms with van der Waals surface area (Å²) in [4.78, 5) is 4.36. The van der Waals surface area contributed by atoms with Crippen LogP contribution in [0.2, 0.25) is 0 Å². The van der Waals surface area contributed by atoms with Gasteiger partial charge >= 0.3 is 0 Å². The summed E-state index contributed by atoms with van der Waals surface area (Å²) >= 11 is 0. The minimum absolute atomic E-state index is 0.0422. The van der Waals surface area contributed by atoms with E-state index in [-0.39, 0.29) is 18.4 Å². The summed E-state index contributed by atoms with van der Waals surface area (Å²) in [5.74, 6) is 2.20. The van der Waals surface area contributed by atoms with Crippen molar-refractivity contribution in [3.8, 4) is 17.2 Å². The van der Waals surface area contributed by atoms with Crippen molar-refractivity contribution < 1.29 is 19.3 Å². The second kappa shape index (κ2) is 9.31. The van der Waals surface area contributed by atoms with Crippen molar-refractivity contribution in [2.45, 2.75) is 39.2 Å². The quantitative estimate of drug-likeness (QED) is 0.530. The highest BCUT2D eigenvalue weighted by Gasteiger charge is 2.13. The number of aliphatic imine (C=N–C) groups is 1. The molecular formula is C22H26NO4-. The molecule has 1 aliphatic heterocycles. The van der Waals surface area contributed by atoms with Crippen molar-refractivity contribution in [3.63, 3.8) is 0 Å². The second-order valence-corrected chi connectivity index (χ2v) is 6.68. The van der Waals surface area contributed by atoms with E-state index in [1.165, 1.54) is 5.56 Å². The molecule has 0 fully saturated rings. The molecule has 0 radical (unpaired) electrons. The molecular weight excluding hydrogens is 342 g/mol. The Morgan fingerprint density at radius 1 is 1.11 bits per heavy atom. The van der Waals surface area contributed by atoms with Crippen LogP contribution in [-0.4, -0.2) is 31.8 Å². The van der Waals surface area contributed by atoms with Crippen molar-refractivity contribution in [2.75, 3.05) is 19.8 Å². The fraction of sp³-hybridized carbons (Fsp3) is 0.409. The third-order valence-corrected chi connectivity index (χ3v) is 4.48. The lowest BCUT2D eigenvalue weighted by Gasteiger charge is -2.20. The van der Waals surface area contributed by atoms with Gasteiger partial charge in [-0.25, -0.2) is 0 Å². The zero-order valence-corrected chi connectivity index (χ0v) is 15.9. The van der Waals surface area contributed by atoms with Gasteiger partial charge in [0.25, 0.3) is 0 Å². The van der Waals surface area contributed by atoms with Crippen LogP contribution in [0.25, 0.3) is 0 Å². The van der Waals surface area contributed by atoms with Crippen molar-refractivity contribution in [3.05, 3.63) is 53.6 Å². The molecule has 5 nitrogen and oxygen atoms in total. The molecule has 0 N–H and O–H groups in total. The van der Waals surface area contributed by atoms with Crippen LogP contribution in [0.4, 0.5) is 0 Å². The van der Waals surface area contributed by atoms with E-state index in [4.69, 9.17) is 14.2 Å². The van der Waals surface area contributed by atoms with E-state index in [2.05, 4.69) is 4.99 Å². The molecule has 0 spiro atoms. The van der Waals surface area contributed by atoms with Crippen LogP contribution in [0.3, 0.4) is 0 Å². The van der Waals surface area contributed by atoms with Crippen molar-refractivity contribution in [2.24, 2.45) is 4.99 Å². The van der Waals surface area contributed by atoms with Gasteiger partial charge < -0.3 is 24.3 Å². The Kier molecular flexibility index (Phi) is 6.58. The average molecular weight is 368 g/mol. The average Bonchev–Trinajstić information content (AvgIpc) is 2.69. The van der Waals surface area contributed by atoms with Gasteiger partial charge in [-0.2, -0.15) is 0 Å². The maximum atomic E-state index is 12.2. The number of hydrogen-bond donors (Lipinski definition) is 0. The molecule has 1 heterocycles. The van der Waals surface area contributed by atoms with Gasteiger partial charge in [-0.3, -0.25) is 0 Å². The van der Waals surface area contributed by atoms with E-state index in [1.54, 1.807) is 0 Å². The van der Waals surface area contributed by atoms with Gasteiger partial charge in [0.1, 0.15) is 19.0 Å². The normalized spacial score (nSPS) is 14.7. The molecule has 0 saturated carbocycles. The predicted octanol–water partition coefficient (Wildman–Crippen LogP) is 3.32. The Morgan fingerprint density at radius 2 is 1.85 bits per heavy atom. The Bertz CT molecular complexity index is 770. The predicted molar refractivity (Wildman–Crippen MR) is 104 cm³/mol. The van der Waals surface area contributed by atoms with E-state index in [0.717, 1.165) is 29.2 Å². The number of hydrogen-bond acceptors (Lipinski definition) is 5. The third kappa shape index (κ3) is 5.64. The maximum absolute atomic E-state index is 12.2. The largest absolute Gasteiger partial charge is 0.862 e. The summed E-state index contributed by atoms with van der Waals surface area (Å²) in [6.07, 6.45) is 1.79. The number of fused-ring (bicyclic) bond motifs is 1. The highest BCUT2D eigenvalue weighted by atomic mass is 16.6. The van der Waals surface area contributed by atoms with Crippen LogP contribution in [0, 0.1) is 6.92 Å². The Labute approximate surface area is 160 Å². The lowest BCUT2D eigenvalue weighted by Crippen LogP contribution is -2.24. The molecule has 1 atom stereocenters. The number of benzene rings is 2. The topological polar surface area (TPSA) is 63.1 Å². The number of nitrogens with zero attached hydrogens (tertiary/aromatic N) is 1. The molecule has 2 aromatic rings. The minimum atomic E-state index is -0.119. The molecule has 5 heteroatoms. The van der Waals surface area contributed by atoms with E-state index >= 15 is 0 Å². The van der Waals surface area contributed by atoms with Crippen LogP contribution in [0.5, 0.6) is 17.2 Å². The molecule has 0 bridgehead atoms. The molecule has 0 saturated heterocycles. The smallest absolute Gasteiger partial charge is 0.161 e. The number of ether oxygens (including phenoxy) is 3. The Morgan fingerprint density at radius 3 is 2.59 bits per heavy atom. The second-order valence-electron chi connectivity index (χ2n) is 6.68. The van der Waals surface area contributed by atoms with Crippen LogP contribution >= 0.6 is 0 Å². The van der Waals surface area contributed by atoms with Gasteiger partial charge in [-0.05, 0) is 55.5 Å². The first kappa shape index (κ1) is 19.1. The van der Waals surface area contributed by atoms with Gasteiger partial charge in [0.05, 0.1) is 12.6 Å². The summed E-state index contributed by atoms with van der Waals surface area (Å²) < 4.78 is 16.8. The van der Waals surface area contributed by atoms with Crippen LogP contribution in [0.1, 0.15) is 30.9 Å². The standard InChI is InChI=1S/C22H27NO4/c1-3-18(14-17-6-9-20-21(15-17)27-13-12-26-20)23-22(24)10-11-25-19-7-4-16(2)5-8-19/h4-9,15,18H,3,10-14H2,1-2H3,(H,23,24)/p-1. The molecule has 0 amide bonds. The van der Waals surface area contributed by atoms with Gasteiger partial charge in [0.15, 0.2) is 11.5 Å². The molecule has 0 aliphatic carbocycles. The third-order valence-electron chi connectivity index (χ3n) is 4.48. The lowest BCUT2D eigenvalue weighted by molar-refractivity contribution is -0.219. The SMILES string of the molecule is CCC(Cc1ccc2c(c1)OCCO2)N=C([O-])CCOc1ccc(C)cc1. The molecule has 0 aromatic heterocycles. The molecule has 1 unspecified atom stereocenters. The molecule has 2 aromatic carbocycles. The fourth-order valence-electron chi connectivity index (χ4n) is 2.93. The van der Waals surface area contributed by atoms with Gasteiger partial charge in [0, 0.05) is 6.42 Å². The summed E-state index contributed by atoms with van der Waals surface area (Å²) in [5.41, 5.74) is 2.27. The van der Waals surface area contributed by atoms with Crippen LogP contribution in [-0.2, 0) is 6.42 Å². The summed E-state index contributed by atoms with van der Waals surface area (Å²) in [7, 11) is 0. The summed E-state index contributed by atoms with van der Waals surface area (Å²) in [5, 5.41) is 12.2. The van der Waals surface area contributed by atoms with Crippen LogP contribution in [0.15, 0.2) is 47.5 Å². The lowest BCUT2D eigenvalue weighted by atomic mass is 10.0. The minimum Gasteiger partial charge on any atom is -0.862 e. The van der Waals surface area contributed by atoms with Crippen molar-refractivity contribution in [1.29, 1.82) is 0 Å². The highest BCUT2D eigenvalue weighted by Crippen LogP contribution is 2.31. The summed E-state index contributed by atoms with van der Waals surface area (Å²) in [6.45, 7) is 5.56. The first-order valence-electron chi connectivity index (χ1n) is 9.45. The first-order valence-corrected chi connectivity index (χ1v) is 9.45. The molecule has 3 rings (SSSR count). The van der Waals surface area contributed by atoms with Gasteiger partial charge in [-0.1, -0.05) is 30.7 Å². The van der Waals surface area contributed by atoms with Crippen LogP contribution < -0.4 is 19.3 Å². The van der Waals surface area contributed by atoms with Gasteiger partial charge in [0.2, 0.25) is 0 Å². The maximum Gasteiger partial charge on any atom is 0.161 e. The summed E-state index contributed by atoms with van der Waals surface area (Å²) in [6, 6.07) is 13.7. The monoisotopic (exact) mass is 368 g/mol. The number of rotatable bonds is 8. The number of aryl methyl sites for hydroxylation is 1. The molecule has 27 heavy (non-hydrogen) atoms. The van der Waals surface area contributed by atoms with Gasteiger partial charge in [-0.15, -0.1) is 0 Å². The highest BCUT2D eigenvalue weighted by molar-refractivity contribution is 5.71. The molecule has 144 valence electrons. The van der Waals surface area contributed by atoms with Crippen molar-refractivity contribution in [1.82, 2.24) is 0 Å². The first-order chi connectivity index (χ1) is 13.1. The van der Waals surface area contributed by atoms with E-state index < -0.39 is 0 Å². The zero-order chi connectivity index (χ0) is 19.1. The van der Waals surface area contributed by atoms with Crippen molar-refractivity contribution >= 4 is 5.90 Å². The molecule has 1 aliphatic rings.